The van der Waals surface area contributed by atoms with E-state index >= 15 is 0 Å². The highest BCUT2D eigenvalue weighted by Gasteiger charge is 2.17. The number of carbonyl (C=O) groups is 1. The number of nitro groups is 1. The Balaban J connectivity index is 3.17. The van der Waals surface area contributed by atoms with E-state index in [0.29, 0.717) is 4.90 Å². The fourth-order valence-corrected chi connectivity index (χ4v) is 1.82. The molecule has 0 fully saturated rings. The summed E-state index contributed by atoms with van der Waals surface area (Å²) in [6.45, 7) is 0. The fourth-order valence-electron chi connectivity index (χ4n) is 1.14. The Morgan fingerprint density at radius 3 is 2.88 bits per heavy atom. The van der Waals surface area contributed by atoms with Crippen molar-refractivity contribution in [1.29, 1.82) is 5.26 Å². The standard InChI is InChI=1S/C10H8N2O4S/c1-16-10(13)8-6-7(12(14)15)2-3-9(8)17-5-4-11/h2-3,6H,5H2,1H3. The zero-order valence-electron chi connectivity index (χ0n) is 8.87. The Kier molecular flexibility index (Phi) is 4.48. The Bertz CT molecular complexity index is 496. The van der Waals surface area contributed by atoms with Crippen LogP contribution in [-0.2, 0) is 4.74 Å². The lowest BCUT2D eigenvalue weighted by Gasteiger charge is -2.05. The highest BCUT2D eigenvalue weighted by molar-refractivity contribution is 7.99. The third-order valence-corrected chi connectivity index (χ3v) is 2.81. The van der Waals surface area contributed by atoms with Crippen molar-refractivity contribution in [3.63, 3.8) is 0 Å². The number of ether oxygens (including phenoxy) is 1. The fraction of sp³-hybridized carbons (Fsp3) is 0.200. The van der Waals surface area contributed by atoms with Gasteiger partial charge in [-0.25, -0.2) is 4.79 Å². The van der Waals surface area contributed by atoms with E-state index in [0.717, 1.165) is 17.8 Å². The molecular formula is C10H8N2O4S. The predicted octanol–water partition coefficient (Wildman–Crippen LogP) is 2.00. The Morgan fingerprint density at radius 2 is 2.35 bits per heavy atom. The predicted molar refractivity (Wildman–Crippen MR) is 60.8 cm³/mol. The van der Waals surface area contributed by atoms with Crippen molar-refractivity contribution in [2.75, 3.05) is 12.9 Å². The molecule has 0 aliphatic heterocycles. The minimum absolute atomic E-state index is 0.0990. The molecule has 88 valence electrons. The number of carbonyl (C=O) groups excluding carboxylic acids is 1. The highest BCUT2D eigenvalue weighted by atomic mass is 32.2. The summed E-state index contributed by atoms with van der Waals surface area (Å²) in [7, 11) is 1.19. The normalized spacial score (nSPS) is 9.41. The van der Waals surface area contributed by atoms with E-state index in [4.69, 9.17) is 5.26 Å². The molecule has 0 heterocycles. The van der Waals surface area contributed by atoms with Gasteiger partial charge in [-0.2, -0.15) is 5.26 Å². The number of nitrogens with zero attached hydrogens (tertiary/aromatic N) is 2. The number of esters is 1. The molecule has 0 N–H and O–H groups in total. The Morgan fingerprint density at radius 1 is 1.65 bits per heavy atom. The van der Waals surface area contributed by atoms with Gasteiger partial charge in [0.05, 0.1) is 29.4 Å². The van der Waals surface area contributed by atoms with Gasteiger partial charge in [0.25, 0.3) is 5.69 Å². The van der Waals surface area contributed by atoms with E-state index in [9.17, 15) is 14.9 Å². The SMILES string of the molecule is COC(=O)c1cc([N+](=O)[O-])ccc1SCC#N. The Labute approximate surface area is 101 Å². The third-order valence-electron chi connectivity index (χ3n) is 1.87. The van der Waals surface area contributed by atoms with E-state index in [1.807, 2.05) is 6.07 Å². The van der Waals surface area contributed by atoms with Crippen molar-refractivity contribution in [3.8, 4) is 6.07 Å². The topological polar surface area (TPSA) is 93.2 Å². The number of non-ortho nitro benzene ring substituents is 1. The van der Waals surface area contributed by atoms with Gasteiger partial charge >= 0.3 is 5.97 Å². The largest absolute Gasteiger partial charge is 0.465 e. The lowest BCUT2D eigenvalue weighted by atomic mass is 10.2. The molecule has 0 radical (unpaired) electrons. The number of thioether (sulfide) groups is 1. The van der Waals surface area contributed by atoms with Gasteiger partial charge in [0.15, 0.2) is 0 Å². The summed E-state index contributed by atoms with van der Waals surface area (Å²) in [4.78, 5) is 21.9. The summed E-state index contributed by atoms with van der Waals surface area (Å²) in [5.74, 6) is -0.504. The van der Waals surface area contributed by atoms with Crippen LogP contribution in [0.15, 0.2) is 23.1 Å². The van der Waals surface area contributed by atoms with Crippen LogP contribution in [0.2, 0.25) is 0 Å². The van der Waals surface area contributed by atoms with Gasteiger partial charge in [0.1, 0.15) is 0 Å². The molecular weight excluding hydrogens is 244 g/mol. The third kappa shape index (κ3) is 3.19. The van der Waals surface area contributed by atoms with Crippen LogP contribution in [-0.4, -0.2) is 23.8 Å². The molecule has 0 saturated carbocycles. The van der Waals surface area contributed by atoms with Gasteiger partial charge in [0, 0.05) is 17.0 Å². The smallest absolute Gasteiger partial charge is 0.339 e. The van der Waals surface area contributed by atoms with Crippen LogP contribution in [0.4, 0.5) is 5.69 Å². The molecule has 17 heavy (non-hydrogen) atoms. The maximum atomic E-state index is 11.4. The van der Waals surface area contributed by atoms with Crippen molar-refractivity contribution in [3.05, 3.63) is 33.9 Å². The van der Waals surface area contributed by atoms with Gasteiger partial charge in [-0.05, 0) is 6.07 Å². The molecule has 0 amide bonds. The van der Waals surface area contributed by atoms with Crippen molar-refractivity contribution in [1.82, 2.24) is 0 Å². The summed E-state index contributed by atoms with van der Waals surface area (Å²) >= 11 is 1.13. The lowest BCUT2D eigenvalue weighted by Crippen LogP contribution is -2.04. The summed E-state index contributed by atoms with van der Waals surface area (Å²) in [5, 5.41) is 19.0. The van der Waals surface area contributed by atoms with Crippen molar-refractivity contribution >= 4 is 23.4 Å². The molecule has 0 aromatic heterocycles. The number of hydrogen-bond acceptors (Lipinski definition) is 6. The second-order valence-electron chi connectivity index (χ2n) is 2.88. The van der Waals surface area contributed by atoms with E-state index in [1.54, 1.807) is 0 Å². The minimum atomic E-state index is -0.658. The minimum Gasteiger partial charge on any atom is -0.465 e. The Hall–Kier alpha value is -2.07. The van der Waals surface area contributed by atoms with Gasteiger partial charge in [-0.15, -0.1) is 11.8 Å². The highest BCUT2D eigenvalue weighted by Crippen LogP contribution is 2.27. The number of rotatable bonds is 4. The average molecular weight is 252 g/mol. The van der Waals surface area contributed by atoms with Crippen molar-refractivity contribution in [2.45, 2.75) is 4.90 Å². The van der Waals surface area contributed by atoms with Gasteiger partial charge in [0.2, 0.25) is 0 Å². The number of nitro benzene ring substituents is 1. The molecule has 0 spiro atoms. The maximum absolute atomic E-state index is 11.4. The first-order valence-corrected chi connectivity index (χ1v) is 5.45. The van der Waals surface area contributed by atoms with Crippen LogP contribution in [0.5, 0.6) is 0 Å². The van der Waals surface area contributed by atoms with Crippen LogP contribution in [0.25, 0.3) is 0 Å². The molecule has 1 aromatic carbocycles. The lowest BCUT2D eigenvalue weighted by molar-refractivity contribution is -0.384. The molecule has 0 bridgehead atoms. The summed E-state index contributed by atoms with van der Waals surface area (Å²) < 4.78 is 4.53. The second-order valence-corrected chi connectivity index (χ2v) is 3.89. The molecule has 0 atom stereocenters. The van der Waals surface area contributed by atoms with Crippen LogP contribution in [0, 0.1) is 21.4 Å². The second kappa shape index (κ2) is 5.86. The van der Waals surface area contributed by atoms with E-state index in [-0.39, 0.29) is 17.0 Å². The first-order valence-electron chi connectivity index (χ1n) is 4.46. The number of methoxy groups -OCH3 is 1. The molecule has 0 aliphatic rings. The first kappa shape index (κ1) is 13.0. The zero-order chi connectivity index (χ0) is 12.8. The molecule has 6 nitrogen and oxygen atoms in total. The number of nitriles is 1. The van der Waals surface area contributed by atoms with Crippen LogP contribution in [0.3, 0.4) is 0 Å². The molecule has 0 unspecified atom stereocenters. The maximum Gasteiger partial charge on any atom is 0.339 e. The first-order chi connectivity index (χ1) is 8.10. The van der Waals surface area contributed by atoms with E-state index < -0.39 is 10.9 Å². The van der Waals surface area contributed by atoms with Crippen LogP contribution in [0.1, 0.15) is 10.4 Å². The van der Waals surface area contributed by atoms with Gasteiger partial charge in [-0.3, -0.25) is 10.1 Å². The molecule has 0 saturated heterocycles. The van der Waals surface area contributed by atoms with Gasteiger partial charge < -0.3 is 4.74 Å². The van der Waals surface area contributed by atoms with Crippen molar-refractivity contribution < 1.29 is 14.5 Å². The number of benzene rings is 1. The molecule has 1 rings (SSSR count). The van der Waals surface area contributed by atoms with E-state index in [1.165, 1.54) is 19.2 Å². The monoisotopic (exact) mass is 252 g/mol. The summed E-state index contributed by atoms with van der Waals surface area (Å²) in [5.41, 5.74) is -0.0892. The van der Waals surface area contributed by atoms with Crippen molar-refractivity contribution in [2.24, 2.45) is 0 Å². The average Bonchev–Trinajstić information content (AvgIpc) is 2.35. The molecule has 7 heteroatoms. The molecule has 0 aliphatic carbocycles. The summed E-state index contributed by atoms with van der Waals surface area (Å²) in [6, 6.07) is 5.78. The number of hydrogen-bond donors (Lipinski definition) is 0. The van der Waals surface area contributed by atoms with Crippen LogP contribution >= 0.6 is 11.8 Å². The van der Waals surface area contributed by atoms with E-state index in [2.05, 4.69) is 4.74 Å². The summed E-state index contributed by atoms with van der Waals surface area (Å²) in [6.07, 6.45) is 0. The van der Waals surface area contributed by atoms with Crippen LogP contribution < -0.4 is 0 Å². The quantitative estimate of drug-likeness (QED) is 0.352. The zero-order valence-corrected chi connectivity index (χ0v) is 9.69. The molecule has 1 aromatic rings. The van der Waals surface area contributed by atoms with Gasteiger partial charge in [-0.1, -0.05) is 0 Å².